The Labute approximate surface area is 135 Å². The van der Waals surface area contributed by atoms with E-state index in [-0.39, 0.29) is 10.7 Å². The number of aromatic nitrogens is 1. The van der Waals surface area contributed by atoms with Gasteiger partial charge in [-0.3, -0.25) is 9.78 Å². The molecule has 2 rings (SSSR count). The van der Waals surface area contributed by atoms with Gasteiger partial charge in [0.25, 0.3) is 5.91 Å². The van der Waals surface area contributed by atoms with Crippen LogP contribution in [-0.2, 0) is 0 Å². The summed E-state index contributed by atoms with van der Waals surface area (Å²) < 4.78 is -0.160. The zero-order chi connectivity index (χ0) is 15.6. The lowest BCUT2D eigenvalue weighted by atomic mass is 9.95. The monoisotopic (exact) mass is 323 g/mol. The molecule has 1 fully saturated rings. The van der Waals surface area contributed by atoms with Gasteiger partial charge in [0.1, 0.15) is 0 Å². The van der Waals surface area contributed by atoms with Gasteiger partial charge in [-0.15, -0.1) is 0 Å². The van der Waals surface area contributed by atoms with Gasteiger partial charge < -0.3 is 10.6 Å². The van der Waals surface area contributed by atoms with Crippen LogP contribution in [0.2, 0.25) is 0 Å². The molecule has 1 aromatic heterocycles. The van der Waals surface area contributed by atoms with Crippen LogP contribution in [0.3, 0.4) is 0 Å². The van der Waals surface area contributed by atoms with Crippen LogP contribution < -0.4 is 5.73 Å². The van der Waals surface area contributed by atoms with E-state index in [1.165, 1.54) is 0 Å². The van der Waals surface area contributed by atoms with Gasteiger partial charge in [-0.25, -0.2) is 0 Å². The van der Waals surface area contributed by atoms with Crippen molar-refractivity contribution in [3.63, 3.8) is 0 Å². The lowest BCUT2D eigenvalue weighted by Crippen LogP contribution is -2.50. The third-order valence-electron chi connectivity index (χ3n) is 4.15. The van der Waals surface area contributed by atoms with Gasteiger partial charge in [0.05, 0.1) is 21.0 Å². The number of nitrogens with two attached hydrogens (primary N) is 1. The normalized spacial score (nSPS) is 17.6. The van der Waals surface area contributed by atoms with Crippen LogP contribution in [0.4, 0.5) is 0 Å². The summed E-state index contributed by atoms with van der Waals surface area (Å²) in [7, 11) is 0. The maximum Gasteiger partial charge on any atom is 0.255 e. The number of rotatable bonds is 3. The van der Waals surface area contributed by atoms with E-state index < -0.39 is 0 Å². The van der Waals surface area contributed by atoms with E-state index >= 15 is 0 Å². The number of likely N-dealkylation sites (tertiary alicyclic amines) is 1. The predicted octanol–water partition coefficient (Wildman–Crippen LogP) is 2.32. The number of nitrogens with zero attached hydrogens (tertiary/aromatic N) is 2. The van der Waals surface area contributed by atoms with Gasteiger partial charge in [0.15, 0.2) is 0 Å². The molecule has 0 unspecified atom stereocenters. The molecule has 4 nitrogen and oxygen atoms in total. The number of aryl methyl sites for hydroxylation is 2. The highest BCUT2D eigenvalue weighted by Crippen LogP contribution is 2.35. The first-order chi connectivity index (χ1) is 9.89. The van der Waals surface area contributed by atoms with Gasteiger partial charge in [-0.2, -0.15) is 11.8 Å². The average molecular weight is 323 g/mol. The Morgan fingerprint density at radius 1 is 1.38 bits per heavy atom. The molecule has 0 aliphatic carbocycles. The number of piperidine rings is 1. The molecule has 0 saturated carbocycles. The van der Waals surface area contributed by atoms with Crippen molar-refractivity contribution in [3.8, 4) is 0 Å². The molecule has 0 bridgehead atoms. The smallest absolute Gasteiger partial charge is 0.255 e. The number of carbonyl (C=O) groups excluding carboxylic acids is 1. The van der Waals surface area contributed by atoms with E-state index in [1.807, 2.05) is 37.1 Å². The summed E-state index contributed by atoms with van der Waals surface area (Å²) in [5, 5.41) is 0. The third-order valence-corrected chi connectivity index (χ3v) is 6.08. The van der Waals surface area contributed by atoms with Crippen LogP contribution in [0.15, 0.2) is 12.1 Å². The zero-order valence-corrected chi connectivity index (χ0v) is 14.3. The zero-order valence-electron chi connectivity index (χ0n) is 12.7. The van der Waals surface area contributed by atoms with E-state index in [0.29, 0.717) is 23.6 Å². The molecule has 0 atom stereocenters. The molecule has 2 N–H and O–H groups in total. The quantitative estimate of drug-likeness (QED) is 0.865. The van der Waals surface area contributed by atoms with Crippen molar-refractivity contribution in [1.82, 2.24) is 9.88 Å². The maximum atomic E-state index is 12.6. The Bertz CT molecular complexity index is 566. The third kappa shape index (κ3) is 3.21. The Balaban J connectivity index is 2.12. The number of hydrogen-bond acceptors (Lipinski definition) is 4. The molecule has 6 heteroatoms. The molecule has 2 heterocycles. The second-order valence-corrected chi connectivity index (χ2v) is 7.07. The van der Waals surface area contributed by atoms with Crippen LogP contribution in [0, 0.1) is 13.8 Å². The van der Waals surface area contributed by atoms with E-state index in [1.54, 1.807) is 11.8 Å². The fraction of sp³-hybridized carbons (Fsp3) is 0.533. The van der Waals surface area contributed by atoms with Crippen LogP contribution in [-0.4, -0.2) is 44.9 Å². The standard InChI is InChI=1S/C15H21N3OS2/c1-10-4-5-12(11(2)17-10)13(19)18-8-6-15(21-3,7-9-18)14(16)20/h4-5H,6-9H2,1-3H3,(H2,16,20). The summed E-state index contributed by atoms with van der Waals surface area (Å²) in [6.45, 7) is 5.18. The fourth-order valence-corrected chi connectivity index (χ4v) is 3.95. The molecule has 0 spiro atoms. The van der Waals surface area contributed by atoms with Gasteiger partial charge in [0.2, 0.25) is 0 Å². The highest BCUT2D eigenvalue weighted by Gasteiger charge is 2.38. The van der Waals surface area contributed by atoms with Crippen molar-refractivity contribution >= 4 is 34.9 Å². The van der Waals surface area contributed by atoms with Crippen molar-refractivity contribution in [3.05, 3.63) is 29.1 Å². The highest BCUT2D eigenvalue weighted by molar-refractivity contribution is 8.02. The second kappa shape index (κ2) is 6.32. The fourth-order valence-electron chi connectivity index (χ4n) is 2.71. The van der Waals surface area contributed by atoms with Crippen molar-refractivity contribution in [2.75, 3.05) is 19.3 Å². The molecule has 1 aromatic rings. The molecule has 1 aliphatic rings. The van der Waals surface area contributed by atoms with Crippen molar-refractivity contribution < 1.29 is 4.79 Å². The number of pyridine rings is 1. The number of hydrogen-bond donors (Lipinski definition) is 1. The lowest BCUT2D eigenvalue weighted by molar-refractivity contribution is 0.0717. The number of amides is 1. The van der Waals surface area contributed by atoms with Gasteiger partial charge in [-0.05, 0) is 45.1 Å². The minimum absolute atomic E-state index is 0.0534. The second-order valence-electron chi connectivity index (χ2n) is 5.44. The first-order valence-electron chi connectivity index (χ1n) is 6.98. The molecule has 1 amide bonds. The largest absolute Gasteiger partial charge is 0.392 e. The SMILES string of the molecule is CSC1(C(N)=S)CCN(C(=O)c2ccc(C)nc2C)CC1. The van der Waals surface area contributed by atoms with Crippen LogP contribution >= 0.6 is 24.0 Å². The summed E-state index contributed by atoms with van der Waals surface area (Å²) in [6, 6.07) is 3.75. The van der Waals surface area contributed by atoms with Crippen molar-refractivity contribution in [2.45, 2.75) is 31.4 Å². The van der Waals surface area contributed by atoms with Gasteiger partial charge in [0, 0.05) is 18.8 Å². The minimum atomic E-state index is -0.160. The Kier molecular flexibility index (Phi) is 4.88. The van der Waals surface area contributed by atoms with E-state index in [9.17, 15) is 4.79 Å². The van der Waals surface area contributed by atoms with Crippen LogP contribution in [0.1, 0.15) is 34.6 Å². The number of carbonyl (C=O) groups is 1. The molecule has 114 valence electrons. The molecular weight excluding hydrogens is 302 g/mol. The molecule has 21 heavy (non-hydrogen) atoms. The number of thioether (sulfide) groups is 1. The summed E-state index contributed by atoms with van der Waals surface area (Å²) in [4.78, 5) is 19.4. The summed E-state index contributed by atoms with van der Waals surface area (Å²) in [5.74, 6) is 0.0534. The maximum absolute atomic E-state index is 12.6. The predicted molar refractivity (Wildman–Crippen MR) is 91.9 cm³/mol. The van der Waals surface area contributed by atoms with Gasteiger partial charge >= 0.3 is 0 Å². The van der Waals surface area contributed by atoms with Gasteiger partial charge in [-0.1, -0.05) is 12.2 Å². The average Bonchev–Trinajstić information content (AvgIpc) is 2.46. The van der Waals surface area contributed by atoms with E-state index in [2.05, 4.69) is 4.98 Å². The Hall–Kier alpha value is -1.14. The summed E-state index contributed by atoms with van der Waals surface area (Å²) >= 11 is 6.90. The van der Waals surface area contributed by atoms with Crippen molar-refractivity contribution in [1.29, 1.82) is 0 Å². The number of thiocarbonyl (C=S) groups is 1. The highest BCUT2D eigenvalue weighted by atomic mass is 32.2. The summed E-state index contributed by atoms with van der Waals surface area (Å²) in [6.07, 6.45) is 3.66. The van der Waals surface area contributed by atoms with Crippen molar-refractivity contribution in [2.24, 2.45) is 5.73 Å². The molecule has 0 aromatic carbocycles. The molecule has 0 radical (unpaired) electrons. The minimum Gasteiger partial charge on any atom is -0.392 e. The Morgan fingerprint density at radius 2 is 2.00 bits per heavy atom. The van der Waals surface area contributed by atoms with Crippen LogP contribution in [0.5, 0.6) is 0 Å². The van der Waals surface area contributed by atoms with E-state index in [0.717, 1.165) is 24.2 Å². The topological polar surface area (TPSA) is 59.2 Å². The molecule has 1 saturated heterocycles. The molecular formula is C15H21N3OS2. The first-order valence-corrected chi connectivity index (χ1v) is 8.61. The van der Waals surface area contributed by atoms with E-state index in [4.69, 9.17) is 18.0 Å². The Morgan fingerprint density at radius 3 is 2.48 bits per heavy atom. The first kappa shape index (κ1) is 16.2. The lowest BCUT2D eigenvalue weighted by Gasteiger charge is -2.40. The van der Waals surface area contributed by atoms with Crippen LogP contribution in [0.25, 0.3) is 0 Å². The molecule has 1 aliphatic heterocycles. The summed E-state index contributed by atoms with van der Waals surface area (Å²) in [5.41, 5.74) is 8.29.